The fourth-order valence-electron chi connectivity index (χ4n) is 2.01. The zero-order chi connectivity index (χ0) is 21.0. The quantitative estimate of drug-likeness (QED) is 0.413. The molecule has 27 heavy (non-hydrogen) atoms. The summed E-state index contributed by atoms with van der Waals surface area (Å²) in [6, 6.07) is 0. The predicted molar refractivity (Wildman–Crippen MR) is 97.9 cm³/mol. The van der Waals surface area contributed by atoms with Gasteiger partial charge in [-0.25, -0.2) is 4.79 Å². The highest BCUT2D eigenvalue weighted by Gasteiger charge is 2.23. The number of amides is 2. The van der Waals surface area contributed by atoms with Gasteiger partial charge in [0.15, 0.2) is 0 Å². The van der Waals surface area contributed by atoms with Crippen LogP contribution in [0.2, 0.25) is 0 Å². The molecule has 0 unspecified atom stereocenters. The molecule has 0 aliphatic heterocycles. The number of esters is 2. The Labute approximate surface area is 160 Å². The fraction of sp³-hybridized carbons (Fsp3) is 0.778. The highest BCUT2D eigenvalue weighted by atomic mass is 16.6. The molecular formula is C18H32N2O7. The molecule has 0 saturated heterocycles. The lowest BCUT2D eigenvalue weighted by atomic mass is 10.2. The second-order valence-corrected chi connectivity index (χ2v) is 6.87. The number of ether oxygens (including phenoxy) is 3. The lowest BCUT2D eigenvalue weighted by molar-refractivity contribution is -0.154. The molecule has 0 aliphatic carbocycles. The second kappa shape index (κ2) is 12.1. The SMILES string of the molecule is CCOC(=O)CN(CC(=O)OCC)C(=O)CCCN(C)C(=O)OC(C)(C)C. The standard InChI is InChI=1S/C18H32N2O7/c1-7-25-15(22)12-20(13-16(23)26-8-2)14(21)10-9-11-19(6)17(24)27-18(3,4)5/h7-13H2,1-6H3. The normalized spacial score (nSPS) is 10.7. The molecule has 0 fully saturated rings. The maximum Gasteiger partial charge on any atom is 0.410 e. The lowest BCUT2D eigenvalue weighted by Gasteiger charge is -2.25. The smallest absolute Gasteiger partial charge is 0.410 e. The molecule has 9 heteroatoms. The first-order chi connectivity index (χ1) is 12.5. The van der Waals surface area contributed by atoms with Crippen molar-refractivity contribution in [2.75, 3.05) is 39.9 Å². The molecule has 0 aromatic heterocycles. The maximum absolute atomic E-state index is 12.4. The molecule has 0 N–H and O–H groups in total. The van der Waals surface area contributed by atoms with Crippen LogP contribution in [0, 0.1) is 0 Å². The molecule has 0 spiro atoms. The van der Waals surface area contributed by atoms with Gasteiger partial charge in [-0.3, -0.25) is 14.4 Å². The molecule has 0 heterocycles. The average Bonchev–Trinajstić information content (AvgIpc) is 2.52. The number of carbonyl (C=O) groups is 4. The Hall–Kier alpha value is -2.32. The summed E-state index contributed by atoms with van der Waals surface area (Å²) >= 11 is 0. The molecule has 0 aromatic carbocycles. The molecule has 0 aromatic rings. The Balaban J connectivity index is 4.62. The van der Waals surface area contributed by atoms with Crippen LogP contribution in [0.25, 0.3) is 0 Å². The van der Waals surface area contributed by atoms with Crippen molar-refractivity contribution in [1.29, 1.82) is 0 Å². The van der Waals surface area contributed by atoms with Crippen LogP contribution in [-0.2, 0) is 28.6 Å². The van der Waals surface area contributed by atoms with Crippen molar-refractivity contribution in [3.63, 3.8) is 0 Å². The van der Waals surface area contributed by atoms with Crippen LogP contribution in [0.5, 0.6) is 0 Å². The molecule has 2 amide bonds. The molecule has 0 aliphatic rings. The number of hydrogen-bond donors (Lipinski definition) is 0. The van der Waals surface area contributed by atoms with Crippen LogP contribution in [0.15, 0.2) is 0 Å². The van der Waals surface area contributed by atoms with Crippen LogP contribution in [0.3, 0.4) is 0 Å². The van der Waals surface area contributed by atoms with Gasteiger partial charge in [0.2, 0.25) is 5.91 Å². The molecule has 156 valence electrons. The predicted octanol–water partition coefficient (Wildman–Crippen LogP) is 1.59. The van der Waals surface area contributed by atoms with Gasteiger partial charge in [0, 0.05) is 20.0 Å². The van der Waals surface area contributed by atoms with Crippen molar-refractivity contribution in [1.82, 2.24) is 9.80 Å². The van der Waals surface area contributed by atoms with Gasteiger partial charge in [-0.05, 0) is 41.0 Å². The zero-order valence-electron chi connectivity index (χ0n) is 17.2. The first kappa shape index (κ1) is 24.7. The Morgan fingerprint density at radius 2 is 1.37 bits per heavy atom. The summed E-state index contributed by atoms with van der Waals surface area (Å²) in [7, 11) is 1.58. The zero-order valence-corrected chi connectivity index (χ0v) is 17.2. The number of carbonyl (C=O) groups excluding carboxylic acids is 4. The van der Waals surface area contributed by atoms with E-state index < -0.39 is 29.5 Å². The van der Waals surface area contributed by atoms with Crippen molar-refractivity contribution in [2.24, 2.45) is 0 Å². The largest absolute Gasteiger partial charge is 0.465 e. The number of hydrogen-bond acceptors (Lipinski definition) is 7. The minimum absolute atomic E-state index is 0.0615. The van der Waals surface area contributed by atoms with Gasteiger partial charge >= 0.3 is 18.0 Å². The van der Waals surface area contributed by atoms with E-state index in [0.717, 1.165) is 4.90 Å². The van der Waals surface area contributed by atoms with Crippen molar-refractivity contribution in [3.05, 3.63) is 0 Å². The Bertz CT molecular complexity index is 494. The van der Waals surface area contributed by atoms with Crippen LogP contribution >= 0.6 is 0 Å². The third-order valence-electron chi connectivity index (χ3n) is 3.19. The van der Waals surface area contributed by atoms with Crippen LogP contribution in [-0.4, -0.2) is 79.2 Å². The van der Waals surface area contributed by atoms with E-state index in [1.165, 1.54) is 4.90 Å². The summed E-state index contributed by atoms with van der Waals surface area (Å²) in [6.45, 7) is 8.63. The second-order valence-electron chi connectivity index (χ2n) is 6.87. The summed E-state index contributed by atoms with van der Waals surface area (Å²) in [5.41, 5.74) is -0.600. The van der Waals surface area contributed by atoms with Gasteiger partial charge < -0.3 is 24.0 Å². The summed E-state index contributed by atoms with van der Waals surface area (Å²) in [5, 5.41) is 0. The van der Waals surface area contributed by atoms with E-state index in [2.05, 4.69) is 0 Å². The van der Waals surface area contributed by atoms with Gasteiger partial charge in [0.05, 0.1) is 13.2 Å². The highest BCUT2D eigenvalue weighted by molar-refractivity contribution is 5.86. The maximum atomic E-state index is 12.4. The Kier molecular flexibility index (Phi) is 11.1. The first-order valence-electron chi connectivity index (χ1n) is 9.03. The van der Waals surface area contributed by atoms with Gasteiger partial charge in [0.25, 0.3) is 0 Å². The molecule has 0 radical (unpaired) electrons. The highest BCUT2D eigenvalue weighted by Crippen LogP contribution is 2.10. The number of rotatable bonds is 10. The summed E-state index contributed by atoms with van der Waals surface area (Å²) in [4.78, 5) is 50.1. The minimum atomic E-state index is -0.600. The van der Waals surface area contributed by atoms with E-state index in [9.17, 15) is 19.2 Å². The third kappa shape index (κ3) is 11.8. The summed E-state index contributed by atoms with van der Waals surface area (Å²) in [5.74, 6) is -1.59. The topological polar surface area (TPSA) is 102 Å². The van der Waals surface area contributed by atoms with E-state index in [4.69, 9.17) is 14.2 Å². The number of nitrogens with zero attached hydrogens (tertiary/aromatic N) is 2. The van der Waals surface area contributed by atoms with Crippen LogP contribution < -0.4 is 0 Å². The van der Waals surface area contributed by atoms with E-state index in [0.29, 0.717) is 13.0 Å². The van der Waals surface area contributed by atoms with E-state index in [-0.39, 0.29) is 32.7 Å². The molecule has 0 bridgehead atoms. The monoisotopic (exact) mass is 388 g/mol. The van der Waals surface area contributed by atoms with E-state index >= 15 is 0 Å². The molecular weight excluding hydrogens is 356 g/mol. The summed E-state index contributed by atoms with van der Waals surface area (Å²) in [6.07, 6.45) is -0.0623. The third-order valence-corrected chi connectivity index (χ3v) is 3.19. The van der Waals surface area contributed by atoms with Crippen molar-refractivity contribution in [3.8, 4) is 0 Å². The van der Waals surface area contributed by atoms with Crippen molar-refractivity contribution < 1.29 is 33.4 Å². The van der Waals surface area contributed by atoms with Crippen molar-refractivity contribution in [2.45, 2.75) is 53.1 Å². The average molecular weight is 388 g/mol. The molecule has 0 saturated carbocycles. The Morgan fingerprint density at radius 1 is 0.889 bits per heavy atom. The minimum Gasteiger partial charge on any atom is -0.465 e. The van der Waals surface area contributed by atoms with Gasteiger partial charge in [-0.1, -0.05) is 0 Å². The van der Waals surface area contributed by atoms with Gasteiger partial charge in [-0.2, -0.15) is 0 Å². The summed E-state index contributed by atoms with van der Waals surface area (Å²) < 4.78 is 14.9. The molecule has 0 atom stereocenters. The molecule has 0 rings (SSSR count). The van der Waals surface area contributed by atoms with Gasteiger partial charge in [-0.15, -0.1) is 0 Å². The van der Waals surface area contributed by atoms with Crippen LogP contribution in [0.1, 0.15) is 47.5 Å². The first-order valence-corrected chi connectivity index (χ1v) is 9.03. The fourth-order valence-corrected chi connectivity index (χ4v) is 2.01. The van der Waals surface area contributed by atoms with E-state index in [1.54, 1.807) is 41.7 Å². The van der Waals surface area contributed by atoms with Gasteiger partial charge in [0.1, 0.15) is 18.7 Å². The molecule has 9 nitrogen and oxygen atoms in total. The Morgan fingerprint density at radius 3 is 1.78 bits per heavy atom. The lowest BCUT2D eigenvalue weighted by Crippen LogP contribution is -2.41. The van der Waals surface area contributed by atoms with Crippen molar-refractivity contribution >= 4 is 23.9 Å². The van der Waals surface area contributed by atoms with E-state index in [1.807, 2.05) is 0 Å². The van der Waals surface area contributed by atoms with Crippen LogP contribution in [0.4, 0.5) is 4.79 Å².